The summed E-state index contributed by atoms with van der Waals surface area (Å²) in [7, 11) is 2.13. The van der Waals surface area contributed by atoms with Gasteiger partial charge in [-0.1, -0.05) is 6.92 Å². The van der Waals surface area contributed by atoms with Gasteiger partial charge in [0.2, 0.25) is 0 Å². The molecular weight excluding hydrogens is 192 g/mol. The molecule has 0 unspecified atom stereocenters. The number of esters is 1. The summed E-state index contributed by atoms with van der Waals surface area (Å²) in [6.07, 6.45) is 1.43. The van der Waals surface area contributed by atoms with Crippen LogP contribution in [-0.4, -0.2) is 62.1 Å². The van der Waals surface area contributed by atoms with E-state index < -0.39 is 0 Å². The lowest BCUT2D eigenvalue weighted by atomic mass is 10.3. The van der Waals surface area contributed by atoms with E-state index in [1.165, 1.54) is 0 Å². The molecule has 0 amide bonds. The van der Waals surface area contributed by atoms with Crippen molar-refractivity contribution in [3.8, 4) is 0 Å². The van der Waals surface area contributed by atoms with Crippen molar-refractivity contribution >= 4 is 5.97 Å². The Hall–Kier alpha value is -0.610. The molecule has 15 heavy (non-hydrogen) atoms. The molecule has 0 bridgehead atoms. The summed E-state index contributed by atoms with van der Waals surface area (Å²) in [4.78, 5) is 15.9. The Morgan fingerprint density at radius 2 is 1.93 bits per heavy atom. The Balaban J connectivity index is 2.06. The Morgan fingerprint density at radius 3 is 2.53 bits per heavy atom. The normalized spacial score (nSPS) is 19.1. The van der Waals surface area contributed by atoms with E-state index in [9.17, 15) is 4.79 Å². The fraction of sp³-hybridized carbons (Fsp3) is 0.909. The first-order valence-corrected chi connectivity index (χ1v) is 5.79. The molecule has 0 N–H and O–H groups in total. The summed E-state index contributed by atoms with van der Waals surface area (Å²) in [5, 5.41) is 0. The van der Waals surface area contributed by atoms with Crippen molar-refractivity contribution in [3.63, 3.8) is 0 Å². The summed E-state index contributed by atoms with van der Waals surface area (Å²) in [6, 6.07) is 0. The summed E-state index contributed by atoms with van der Waals surface area (Å²) in [5.74, 6) is -0.0595. The van der Waals surface area contributed by atoms with Crippen LogP contribution in [0.4, 0.5) is 0 Å². The van der Waals surface area contributed by atoms with Crippen molar-refractivity contribution in [2.24, 2.45) is 0 Å². The number of carbonyl (C=O) groups excluding carboxylic acids is 1. The second kappa shape index (κ2) is 6.80. The van der Waals surface area contributed by atoms with Crippen LogP contribution in [-0.2, 0) is 9.53 Å². The standard InChI is InChI=1S/C11H22N2O2/c1-3-10-15-11(14)4-5-13-8-6-12(2)7-9-13/h3-10H2,1-2H3. The fourth-order valence-electron chi connectivity index (χ4n) is 1.61. The molecule has 0 radical (unpaired) electrons. The Labute approximate surface area is 92.2 Å². The summed E-state index contributed by atoms with van der Waals surface area (Å²) in [5.41, 5.74) is 0. The van der Waals surface area contributed by atoms with E-state index in [1.54, 1.807) is 0 Å². The minimum Gasteiger partial charge on any atom is -0.466 e. The van der Waals surface area contributed by atoms with Crippen LogP contribution in [0.15, 0.2) is 0 Å². The molecule has 1 rings (SSSR count). The molecule has 1 saturated heterocycles. The zero-order chi connectivity index (χ0) is 11.1. The van der Waals surface area contributed by atoms with Crippen LogP contribution >= 0.6 is 0 Å². The second-order valence-corrected chi connectivity index (χ2v) is 4.12. The molecule has 1 aliphatic heterocycles. The van der Waals surface area contributed by atoms with Crippen LogP contribution in [0.25, 0.3) is 0 Å². The minimum absolute atomic E-state index is 0.0595. The molecule has 88 valence electrons. The topological polar surface area (TPSA) is 32.8 Å². The predicted molar refractivity (Wildman–Crippen MR) is 59.8 cm³/mol. The lowest BCUT2D eigenvalue weighted by molar-refractivity contribution is -0.144. The number of nitrogens with zero attached hydrogens (tertiary/aromatic N) is 2. The van der Waals surface area contributed by atoms with Gasteiger partial charge >= 0.3 is 5.97 Å². The summed E-state index contributed by atoms with van der Waals surface area (Å²) < 4.78 is 5.03. The molecule has 0 aliphatic carbocycles. The van der Waals surface area contributed by atoms with Crippen molar-refractivity contribution < 1.29 is 9.53 Å². The fourth-order valence-corrected chi connectivity index (χ4v) is 1.61. The Kier molecular flexibility index (Phi) is 5.65. The van der Waals surface area contributed by atoms with E-state index >= 15 is 0 Å². The maximum atomic E-state index is 11.2. The first kappa shape index (κ1) is 12.5. The van der Waals surface area contributed by atoms with E-state index in [4.69, 9.17) is 4.74 Å². The maximum absolute atomic E-state index is 11.2. The van der Waals surface area contributed by atoms with Gasteiger partial charge in [-0.2, -0.15) is 0 Å². The highest BCUT2D eigenvalue weighted by Crippen LogP contribution is 2.00. The molecule has 4 nitrogen and oxygen atoms in total. The second-order valence-electron chi connectivity index (χ2n) is 4.12. The van der Waals surface area contributed by atoms with Gasteiger partial charge in [-0.15, -0.1) is 0 Å². The van der Waals surface area contributed by atoms with Gasteiger partial charge in [0.1, 0.15) is 0 Å². The molecule has 0 aromatic heterocycles. The van der Waals surface area contributed by atoms with E-state index in [0.717, 1.165) is 39.1 Å². The zero-order valence-electron chi connectivity index (χ0n) is 9.87. The molecule has 0 spiro atoms. The summed E-state index contributed by atoms with van der Waals surface area (Å²) >= 11 is 0. The minimum atomic E-state index is -0.0595. The monoisotopic (exact) mass is 214 g/mol. The van der Waals surface area contributed by atoms with Crippen LogP contribution < -0.4 is 0 Å². The number of piperazine rings is 1. The maximum Gasteiger partial charge on any atom is 0.307 e. The SMILES string of the molecule is CCCOC(=O)CCN1CCN(C)CC1. The van der Waals surface area contributed by atoms with Gasteiger partial charge in [0.25, 0.3) is 0 Å². The van der Waals surface area contributed by atoms with E-state index in [-0.39, 0.29) is 5.97 Å². The van der Waals surface area contributed by atoms with Gasteiger partial charge in [-0.25, -0.2) is 0 Å². The third-order valence-corrected chi connectivity index (χ3v) is 2.70. The van der Waals surface area contributed by atoms with Crippen molar-refractivity contribution in [3.05, 3.63) is 0 Å². The number of carbonyl (C=O) groups is 1. The molecule has 1 fully saturated rings. The lowest BCUT2D eigenvalue weighted by Gasteiger charge is -2.31. The van der Waals surface area contributed by atoms with E-state index in [1.807, 2.05) is 6.92 Å². The van der Waals surface area contributed by atoms with Crippen molar-refractivity contribution in [1.29, 1.82) is 0 Å². The van der Waals surface area contributed by atoms with Gasteiger partial charge in [0.05, 0.1) is 13.0 Å². The number of hydrogen-bond acceptors (Lipinski definition) is 4. The highest BCUT2D eigenvalue weighted by atomic mass is 16.5. The number of hydrogen-bond donors (Lipinski definition) is 0. The third kappa shape index (κ3) is 5.14. The van der Waals surface area contributed by atoms with Crippen LogP contribution in [0.1, 0.15) is 19.8 Å². The first-order chi connectivity index (χ1) is 7.22. The predicted octanol–water partition coefficient (Wildman–Crippen LogP) is 0.577. The average molecular weight is 214 g/mol. The smallest absolute Gasteiger partial charge is 0.307 e. The average Bonchev–Trinajstić information content (AvgIpc) is 2.25. The van der Waals surface area contributed by atoms with Crippen molar-refractivity contribution in [2.45, 2.75) is 19.8 Å². The van der Waals surface area contributed by atoms with Gasteiger partial charge in [-0.05, 0) is 13.5 Å². The summed E-state index contributed by atoms with van der Waals surface area (Å²) in [6.45, 7) is 7.74. The molecule has 4 heteroatoms. The van der Waals surface area contributed by atoms with Crippen LogP contribution in [0, 0.1) is 0 Å². The third-order valence-electron chi connectivity index (χ3n) is 2.70. The number of rotatable bonds is 5. The molecule has 0 atom stereocenters. The molecule has 1 heterocycles. The van der Waals surface area contributed by atoms with E-state index in [2.05, 4.69) is 16.8 Å². The quantitative estimate of drug-likeness (QED) is 0.627. The van der Waals surface area contributed by atoms with Crippen LogP contribution in [0.5, 0.6) is 0 Å². The molecule has 1 aliphatic rings. The van der Waals surface area contributed by atoms with Crippen molar-refractivity contribution in [1.82, 2.24) is 9.80 Å². The largest absolute Gasteiger partial charge is 0.466 e. The van der Waals surface area contributed by atoms with Crippen molar-refractivity contribution in [2.75, 3.05) is 46.4 Å². The van der Waals surface area contributed by atoms with Gasteiger partial charge < -0.3 is 14.5 Å². The molecular formula is C11H22N2O2. The lowest BCUT2D eigenvalue weighted by Crippen LogP contribution is -2.45. The van der Waals surface area contributed by atoms with Crippen LogP contribution in [0.3, 0.4) is 0 Å². The first-order valence-electron chi connectivity index (χ1n) is 5.79. The Bertz CT molecular complexity index is 189. The highest BCUT2D eigenvalue weighted by molar-refractivity contribution is 5.69. The highest BCUT2D eigenvalue weighted by Gasteiger charge is 2.14. The van der Waals surface area contributed by atoms with Crippen LogP contribution in [0.2, 0.25) is 0 Å². The molecule has 0 aromatic carbocycles. The number of ether oxygens (including phenoxy) is 1. The van der Waals surface area contributed by atoms with Gasteiger partial charge in [0, 0.05) is 32.7 Å². The van der Waals surface area contributed by atoms with Gasteiger partial charge in [0.15, 0.2) is 0 Å². The van der Waals surface area contributed by atoms with E-state index in [0.29, 0.717) is 13.0 Å². The molecule has 0 saturated carbocycles. The number of likely N-dealkylation sites (N-methyl/N-ethyl adjacent to an activating group) is 1. The zero-order valence-corrected chi connectivity index (χ0v) is 9.87. The van der Waals surface area contributed by atoms with Gasteiger partial charge in [-0.3, -0.25) is 4.79 Å². The Morgan fingerprint density at radius 1 is 1.27 bits per heavy atom. The molecule has 0 aromatic rings.